The van der Waals surface area contributed by atoms with Crippen LogP contribution >= 0.6 is 0 Å². The fourth-order valence-electron chi connectivity index (χ4n) is 2.80. The molecule has 0 saturated carbocycles. The first kappa shape index (κ1) is 15.7. The van der Waals surface area contributed by atoms with Crippen LogP contribution < -0.4 is 5.32 Å². The van der Waals surface area contributed by atoms with E-state index >= 15 is 0 Å². The summed E-state index contributed by atoms with van der Waals surface area (Å²) in [6, 6.07) is 15.2. The molecule has 0 aliphatic rings. The van der Waals surface area contributed by atoms with Crippen LogP contribution in [0.5, 0.6) is 0 Å². The number of ether oxygens (including phenoxy) is 1. The van der Waals surface area contributed by atoms with Crippen molar-refractivity contribution in [2.45, 2.75) is 13.1 Å². The number of fused-ring (bicyclic) bond motifs is 1. The molecule has 3 aromatic rings. The van der Waals surface area contributed by atoms with Crippen LogP contribution in [0.4, 0.5) is 4.39 Å². The highest BCUT2D eigenvalue weighted by molar-refractivity contribution is 5.84. The van der Waals surface area contributed by atoms with Gasteiger partial charge in [-0.3, -0.25) is 0 Å². The number of rotatable bonds is 7. The Bertz CT molecular complexity index is 782. The Labute approximate surface area is 135 Å². The minimum Gasteiger partial charge on any atom is -0.383 e. The van der Waals surface area contributed by atoms with Crippen LogP contribution in [0.1, 0.15) is 11.1 Å². The molecule has 0 spiro atoms. The van der Waals surface area contributed by atoms with Crippen LogP contribution in [0, 0.1) is 5.82 Å². The topological polar surface area (TPSA) is 26.2 Å². The van der Waals surface area contributed by atoms with E-state index < -0.39 is 0 Å². The van der Waals surface area contributed by atoms with Gasteiger partial charge in [0.05, 0.1) is 13.2 Å². The highest BCUT2D eigenvalue weighted by Crippen LogP contribution is 2.23. The summed E-state index contributed by atoms with van der Waals surface area (Å²) in [6.07, 6.45) is 2.11. The Kier molecular flexibility index (Phi) is 5.05. The fourth-order valence-corrected chi connectivity index (χ4v) is 2.80. The molecule has 3 rings (SSSR count). The lowest BCUT2D eigenvalue weighted by Gasteiger charge is -2.06. The van der Waals surface area contributed by atoms with Gasteiger partial charge in [0.15, 0.2) is 0 Å². The molecular weight excluding hydrogens is 291 g/mol. The molecule has 0 radical (unpaired) electrons. The molecule has 1 N–H and O–H groups in total. The Morgan fingerprint density at radius 2 is 1.83 bits per heavy atom. The van der Waals surface area contributed by atoms with Crippen molar-refractivity contribution in [1.29, 1.82) is 0 Å². The molecule has 3 nitrogen and oxygen atoms in total. The van der Waals surface area contributed by atoms with Gasteiger partial charge in [-0.2, -0.15) is 0 Å². The zero-order valence-corrected chi connectivity index (χ0v) is 13.3. The molecule has 0 unspecified atom stereocenters. The quantitative estimate of drug-likeness (QED) is 0.675. The molecule has 0 aliphatic carbocycles. The highest BCUT2D eigenvalue weighted by Gasteiger charge is 2.09. The number of hydrogen-bond acceptors (Lipinski definition) is 2. The fraction of sp³-hybridized carbons (Fsp3) is 0.263. The van der Waals surface area contributed by atoms with Crippen molar-refractivity contribution in [2.75, 3.05) is 20.3 Å². The van der Waals surface area contributed by atoms with Gasteiger partial charge in [-0.15, -0.1) is 0 Å². The molecule has 0 atom stereocenters. The van der Waals surface area contributed by atoms with E-state index in [2.05, 4.69) is 28.2 Å². The second-order valence-corrected chi connectivity index (χ2v) is 5.56. The van der Waals surface area contributed by atoms with Crippen molar-refractivity contribution in [2.24, 2.45) is 0 Å². The van der Waals surface area contributed by atoms with Gasteiger partial charge >= 0.3 is 0 Å². The number of benzene rings is 2. The first-order chi connectivity index (χ1) is 11.3. The van der Waals surface area contributed by atoms with Crippen LogP contribution in [0.2, 0.25) is 0 Å². The third-order valence-corrected chi connectivity index (χ3v) is 3.97. The average molecular weight is 312 g/mol. The van der Waals surface area contributed by atoms with Gasteiger partial charge in [0.1, 0.15) is 5.82 Å². The SMILES string of the molecule is COCCNCc1cn(Cc2ccccc2F)c2ccccc12. The normalized spacial score (nSPS) is 11.2. The van der Waals surface area contributed by atoms with Crippen molar-refractivity contribution in [3.8, 4) is 0 Å². The third kappa shape index (κ3) is 3.60. The van der Waals surface area contributed by atoms with E-state index in [1.165, 1.54) is 17.0 Å². The van der Waals surface area contributed by atoms with E-state index in [9.17, 15) is 4.39 Å². The maximum Gasteiger partial charge on any atom is 0.128 e. The summed E-state index contributed by atoms with van der Waals surface area (Å²) in [5, 5.41) is 4.57. The van der Waals surface area contributed by atoms with Crippen LogP contribution in [0.3, 0.4) is 0 Å². The molecule has 0 amide bonds. The predicted molar refractivity (Wildman–Crippen MR) is 91.0 cm³/mol. The minimum atomic E-state index is -0.162. The van der Waals surface area contributed by atoms with E-state index in [0.29, 0.717) is 18.7 Å². The molecule has 1 heterocycles. The molecule has 4 heteroatoms. The van der Waals surface area contributed by atoms with Gasteiger partial charge < -0.3 is 14.6 Å². The van der Waals surface area contributed by atoms with Crippen LogP contribution in [0.15, 0.2) is 54.7 Å². The van der Waals surface area contributed by atoms with Gasteiger partial charge in [-0.25, -0.2) is 4.39 Å². The second-order valence-electron chi connectivity index (χ2n) is 5.56. The monoisotopic (exact) mass is 312 g/mol. The molecule has 0 aliphatic heterocycles. The van der Waals surface area contributed by atoms with Crippen molar-refractivity contribution in [1.82, 2.24) is 9.88 Å². The highest BCUT2D eigenvalue weighted by atomic mass is 19.1. The summed E-state index contributed by atoms with van der Waals surface area (Å²) >= 11 is 0. The first-order valence-electron chi connectivity index (χ1n) is 7.79. The Morgan fingerprint density at radius 3 is 2.65 bits per heavy atom. The van der Waals surface area contributed by atoms with E-state index in [1.54, 1.807) is 13.2 Å². The first-order valence-corrected chi connectivity index (χ1v) is 7.79. The van der Waals surface area contributed by atoms with Crippen LogP contribution in [0.25, 0.3) is 10.9 Å². The van der Waals surface area contributed by atoms with Crippen molar-refractivity contribution in [3.63, 3.8) is 0 Å². The van der Waals surface area contributed by atoms with Gasteiger partial charge in [-0.05, 0) is 17.7 Å². The van der Waals surface area contributed by atoms with Gasteiger partial charge in [-0.1, -0.05) is 36.4 Å². The molecule has 0 bridgehead atoms. The number of nitrogens with one attached hydrogen (secondary N) is 1. The Morgan fingerprint density at radius 1 is 1.04 bits per heavy atom. The van der Waals surface area contributed by atoms with Gasteiger partial charge in [0.25, 0.3) is 0 Å². The molecule has 0 saturated heterocycles. The van der Waals surface area contributed by atoms with Gasteiger partial charge in [0.2, 0.25) is 0 Å². The molecule has 1 aromatic heterocycles. The molecule has 23 heavy (non-hydrogen) atoms. The largest absolute Gasteiger partial charge is 0.383 e. The number of nitrogens with zero attached hydrogens (tertiary/aromatic N) is 1. The van der Waals surface area contributed by atoms with E-state index in [-0.39, 0.29) is 5.82 Å². The number of aromatic nitrogens is 1. The van der Waals surface area contributed by atoms with Crippen molar-refractivity contribution < 1.29 is 9.13 Å². The summed E-state index contributed by atoms with van der Waals surface area (Å²) in [7, 11) is 1.70. The zero-order valence-electron chi connectivity index (χ0n) is 13.3. The predicted octanol–water partition coefficient (Wildman–Crippen LogP) is 3.56. The lowest BCUT2D eigenvalue weighted by molar-refractivity contribution is 0.199. The number of methoxy groups -OCH3 is 1. The number of para-hydroxylation sites is 1. The maximum absolute atomic E-state index is 13.9. The van der Waals surface area contributed by atoms with E-state index in [1.807, 2.05) is 24.3 Å². The van der Waals surface area contributed by atoms with E-state index in [0.717, 1.165) is 18.6 Å². The maximum atomic E-state index is 13.9. The van der Waals surface area contributed by atoms with Crippen molar-refractivity contribution >= 4 is 10.9 Å². The third-order valence-electron chi connectivity index (χ3n) is 3.97. The summed E-state index contributed by atoms with van der Waals surface area (Å²) in [6.45, 7) is 2.80. The Hall–Kier alpha value is -2.17. The van der Waals surface area contributed by atoms with E-state index in [4.69, 9.17) is 4.74 Å². The average Bonchev–Trinajstić information content (AvgIpc) is 2.92. The summed E-state index contributed by atoms with van der Waals surface area (Å²) in [5.74, 6) is -0.162. The number of halogens is 1. The standard InChI is InChI=1S/C19H21FN2O/c1-23-11-10-21-12-16-14-22(19-9-5-3-7-17(16)19)13-15-6-2-4-8-18(15)20/h2-9,14,21H,10-13H2,1H3. The zero-order chi connectivity index (χ0) is 16.1. The Balaban J connectivity index is 1.87. The summed E-state index contributed by atoms with van der Waals surface area (Å²) in [4.78, 5) is 0. The van der Waals surface area contributed by atoms with Crippen LogP contribution in [-0.2, 0) is 17.8 Å². The molecule has 120 valence electrons. The smallest absolute Gasteiger partial charge is 0.128 e. The van der Waals surface area contributed by atoms with Crippen LogP contribution in [-0.4, -0.2) is 24.8 Å². The molecular formula is C19H21FN2O. The molecule has 0 fully saturated rings. The second kappa shape index (κ2) is 7.40. The summed E-state index contributed by atoms with van der Waals surface area (Å²) < 4.78 is 21.1. The lowest BCUT2D eigenvalue weighted by Crippen LogP contribution is -2.18. The van der Waals surface area contributed by atoms with Crippen molar-refractivity contribution in [3.05, 3.63) is 71.7 Å². The summed E-state index contributed by atoms with van der Waals surface area (Å²) in [5.41, 5.74) is 3.04. The number of hydrogen-bond donors (Lipinski definition) is 1. The molecule has 2 aromatic carbocycles. The minimum absolute atomic E-state index is 0.162. The van der Waals surface area contributed by atoms with Gasteiger partial charge in [0, 0.05) is 42.9 Å². The lowest BCUT2D eigenvalue weighted by atomic mass is 10.2.